The third-order valence-corrected chi connectivity index (χ3v) is 3.06. The van der Waals surface area contributed by atoms with E-state index >= 15 is 0 Å². The summed E-state index contributed by atoms with van der Waals surface area (Å²) in [7, 11) is 0. The Morgan fingerprint density at radius 2 is 1.58 bits per heavy atom. The lowest BCUT2D eigenvalue weighted by Gasteiger charge is -2.04. The van der Waals surface area contributed by atoms with Crippen molar-refractivity contribution in [1.82, 2.24) is 4.98 Å². The maximum absolute atomic E-state index is 10.0. The van der Waals surface area contributed by atoms with Gasteiger partial charge in [-0.2, -0.15) is 11.3 Å². The quantitative estimate of drug-likeness (QED) is 0.500. The lowest BCUT2D eigenvalue weighted by Crippen LogP contribution is -1.96. The zero-order valence-corrected chi connectivity index (χ0v) is 13.5. The first-order valence-electron chi connectivity index (χ1n) is 6.83. The Balaban J connectivity index is 0.000000213. The molecule has 0 aliphatic heterocycles. The molecule has 0 aliphatic carbocycles. The number of amides is 2. The Kier molecular flexibility index (Phi) is 9.71. The molecule has 0 atom stereocenters. The second kappa shape index (κ2) is 12.4. The van der Waals surface area contributed by atoms with Crippen LogP contribution in [0.5, 0.6) is 5.75 Å². The molecule has 1 aromatic carbocycles. The zero-order valence-electron chi connectivity index (χ0n) is 12.7. The van der Waals surface area contributed by atoms with Crippen LogP contribution < -0.4 is 10.6 Å². The van der Waals surface area contributed by atoms with Gasteiger partial charge >= 0.3 is 0 Å². The number of benzene rings is 1. The molecule has 24 heavy (non-hydrogen) atoms. The monoisotopic (exact) mass is 343 g/mol. The number of aromatic hydroxyl groups is 1. The van der Waals surface area contributed by atoms with E-state index in [9.17, 15) is 14.7 Å². The fourth-order valence-electron chi connectivity index (χ4n) is 1.41. The van der Waals surface area contributed by atoms with E-state index in [1.54, 1.807) is 29.8 Å². The van der Waals surface area contributed by atoms with Crippen molar-refractivity contribution >= 4 is 35.5 Å². The molecule has 0 saturated carbocycles. The van der Waals surface area contributed by atoms with Crippen LogP contribution in [0.15, 0.2) is 71.7 Å². The van der Waals surface area contributed by atoms with Gasteiger partial charge in [0.2, 0.25) is 12.8 Å². The summed E-state index contributed by atoms with van der Waals surface area (Å²) in [6.45, 7) is 0. The van der Waals surface area contributed by atoms with Crippen LogP contribution in [0, 0.1) is 0 Å². The molecule has 3 rings (SSSR count). The third kappa shape index (κ3) is 8.30. The fraction of sp³-hybridized carbons (Fsp3) is 0. The van der Waals surface area contributed by atoms with E-state index in [2.05, 4.69) is 15.6 Å². The van der Waals surface area contributed by atoms with Crippen LogP contribution >= 0.6 is 11.3 Å². The number of phenolic OH excluding ortho intramolecular Hbond substituents is 1. The smallest absolute Gasteiger partial charge is 0.211 e. The molecule has 124 valence electrons. The number of pyridine rings is 1. The van der Waals surface area contributed by atoms with Crippen LogP contribution in [0.3, 0.4) is 0 Å². The van der Waals surface area contributed by atoms with Crippen LogP contribution in [0.1, 0.15) is 0 Å². The Bertz CT molecular complexity index is 648. The van der Waals surface area contributed by atoms with Gasteiger partial charge in [-0.25, -0.2) is 0 Å². The van der Waals surface area contributed by atoms with E-state index in [4.69, 9.17) is 0 Å². The van der Waals surface area contributed by atoms with Crippen molar-refractivity contribution in [3.63, 3.8) is 0 Å². The van der Waals surface area contributed by atoms with Gasteiger partial charge in [0.05, 0.1) is 5.69 Å². The molecule has 0 unspecified atom stereocenters. The minimum absolute atomic E-state index is 0.0982. The highest BCUT2D eigenvalue weighted by Crippen LogP contribution is 2.25. The Labute approximate surface area is 143 Å². The second-order valence-corrected chi connectivity index (χ2v) is 4.89. The molecule has 2 aromatic heterocycles. The number of thiophene rings is 1. The lowest BCUT2D eigenvalue weighted by atomic mass is 10.2. The molecule has 0 aliphatic rings. The molecule has 3 aromatic rings. The topological polar surface area (TPSA) is 91.3 Å². The number of nitrogens with one attached hydrogen (secondary N) is 2. The van der Waals surface area contributed by atoms with Crippen molar-refractivity contribution in [2.75, 3.05) is 10.6 Å². The molecule has 0 saturated heterocycles. The fourth-order valence-corrected chi connectivity index (χ4v) is 1.87. The van der Waals surface area contributed by atoms with Crippen molar-refractivity contribution in [3.8, 4) is 5.75 Å². The number of hydrogen-bond donors (Lipinski definition) is 3. The second-order valence-electron chi connectivity index (χ2n) is 4.07. The number of hydrogen-bond acceptors (Lipinski definition) is 5. The molecule has 0 spiro atoms. The van der Waals surface area contributed by atoms with Crippen LogP contribution in [0.4, 0.5) is 11.4 Å². The van der Waals surface area contributed by atoms with Gasteiger partial charge in [-0.15, -0.1) is 0 Å². The summed E-state index contributed by atoms with van der Waals surface area (Å²) in [5.41, 5.74) is 0.760. The van der Waals surface area contributed by atoms with Gasteiger partial charge < -0.3 is 15.7 Å². The first-order chi connectivity index (χ1) is 11.8. The highest BCUT2D eigenvalue weighted by molar-refractivity contribution is 7.07. The molecule has 2 amide bonds. The van der Waals surface area contributed by atoms with Crippen molar-refractivity contribution in [3.05, 3.63) is 71.7 Å². The minimum Gasteiger partial charge on any atom is -0.506 e. The highest BCUT2D eigenvalue weighted by atomic mass is 32.1. The summed E-state index contributed by atoms with van der Waals surface area (Å²) in [6.07, 6.45) is 4.46. The largest absolute Gasteiger partial charge is 0.506 e. The SMILES string of the molecule is O=CNc1ccc(NC=O)c(O)c1.c1ccncc1.c1ccsc1. The molecule has 0 fully saturated rings. The number of carbonyl (C=O) groups is 2. The van der Waals surface area contributed by atoms with Gasteiger partial charge in [0.15, 0.2) is 0 Å². The van der Waals surface area contributed by atoms with Crippen molar-refractivity contribution < 1.29 is 14.7 Å². The first-order valence-corrected chi connectivity index (χ1v) is 7.77. The van der Waals surface area contributed by atoms with Crippen molar-refractivity contribution in [2.24, 2.45) is 0 Å². The normalized spacial score (nSPS) is 8.50. The number of carbonyl (C=O) groups excluding carboxylic acids is 2. The third-order valence-electron chi connectivity index (χ3n) is 2.43. The molecular weight excluding hydrogens is 326 g/mol. The number of anilines is 2. The number of phenols is 1. The van der Waals surface area contributed by atoms with E-state index in [1.807, 2.05) is 41.1 Å². The Morgan fingerprint density at radius 3 is 1.96 bits per heavy atom. The molecular formula is C17H17N3O3S. The van der Waals surface area contributed by atoms with Gasteiger partial charge in [-0.1, -0.05) is 18.2 Å². The van der Waals surface area contributed by atoms with Crippen molar-refractivity contribution in [2.45, 2.75) is 0 Å². The molecule has 2 heterocycles. The van der Waals surface area contributed by atoms with Gasteiger partial charge in [0.25, 0.3) is 0 Å². The van der Waals surface area contributed by atoms with Gasteiger partial charge in [-0.3, -0.25) is 14.6 Å². The molecule has 7 heteroatoms. The predicted molar refractivity (Wildman–Crippen MR) is 96.0 cm³/mol. The zero-order chi connectivity index (χ0) is 17.5. The summed E-state index contributed by atoms with van der Waals surface area (Å²) in [4.78, 5) is 23.9. The van der Waals surface area contributed by atoms with E-state index in [1.165, 1.54) is 12.1 Å². The summed E-state index contributed by atoms with van der Waals surface area (Å²) in [5.74, 6) is -0.0982. The molecule has 6 nitrogen and oxygen atoms in total. The van der Waals surface area contributed by atoms with Crippen LogP contribution in [-0.4, -0.2) is 22.9 Å². The van der Waals surface area contributed by atoms with Gasteiger partial charge in [0, 0.05) is 24.1 Å². The lowest BCUT2D eigenvalue weighted by molar-refractivity contribution is -0.106. The van der Waals surface area contributed by atoms with Crippen molar-refractivity contribution in [1.29, 1.82) is 0 Å². The predicted octanol–water partition coefficient (Wildman–Crippen LogP) is 3.36. The average molecular weight is 343 g/mol. The molecule has 0 bridgehead atoms. The Morgan fingerprint density at radius 1 is 0.917 bits per heavy atom. The number of nitrogens with zero attached hydrogens (tertiary/aromatic N) is 1. The number of rotatable bonds is 4. The summed E-state index contributed by atoms with van der Waals surface area (Å²) in [6, 6.07) is 14.1. The average Bonchev–Trinajstić information content (AvgIpc) is 3.20. The first kappa shape index (κ1) is 18.9. The molecule has 0 radical (unpaired) electrons. The van der Waals surface area contributed by atoms with E-state index in [0.717, 1.165) is 0 Å². The number of aromatic nitrogens is 1. The summed E-state index contributed by atoms with van der Waals surface area (Å²) < 4.78 is 0. The maximum Gasteiger partial charge on any atom is 0.211 e. The Hall–Kier alpha value is -3.19. The van der Waals surface area contributed by atoms with Crippen LogP contribution in [-0.2, 0) is 9.59 Å². The maximum atomic E-state index is 10.0. The van der Waals surface area contributed by atoms with Gasteiger partial charge in [-0.05, 0) is 35.0 Å². The van der Waals surface area contributed by atoms with E-state index in [0.29, 0.717) is 24.2 Å². The van der Waals surface area contributed by atoms with E-state index in [-0.39, 0.29) is 5.75 Å². The van der Waals surface area contributed by atoms with Crippen LogP contribution in [0.25, 0.3) is 0 Å². The molecule has 3 N–H and O–H groups in total. The highest BCUT2D eigenvalue weighted by Gasteiger charge is 2.00. The summed E-state index contributed by atoms with van der Waals surface area (Å²) in [5, 5.41) is 18.0. The van der Waals surface area contributed by atoms with E-state index < -0.39 is 0 Å². The minimum atomic E-state index is -0.0982. The summed E-state index contributed by atoms with van der Waals surface area (Å²) >= 11 is 1.71. The van der Waals surface area contributed by atoms with Gasteiger partial charge in [0.1, 0.15) is 5.75 Å². The standard InChI is InChI=1S/C8H8N2O3.C5H5N.C4H4S/c11-4-9-6-1-2-7(10-5-12)8(13)3-6;1-2-4-6-5-3-1;1-2-4-5-3-1/h1-5,13H,(H,9,11)(H,10,12);1-5H;1-4H. The van der Waals surface area contributed by atoms with Crippen LogP contribution in [0.2, 0.25) is 0 Å².